The first-order chi connectivity index (χ1) is 6.66. The smallest absolute Gasteiger partial charge is 0.0934 e. The molecule has 0 aliphatic heterocycles. The number of thiophene rings is 1. The Morgan fingerprint density at radius 2 is 1.86 bits per heavy atom. The van der Waals surface area contributed by atoms with E-state index in [1.54, 1.807) is 6.07 Å². The van der Waals surface area contributed by atoms with E-state index in [0.29, 0.717) is 10.7 Å². The second-order valence-electron chi connectivity index (χ2n) is 2.84. The minimum absolute atomic E-state index is 0.656. The van der Waals surface area contributed by atoms with Crippen LogP contribution in [0.15, 0.2) is 30.3 Å². The van der Waals surface area contributed by atoms with Gasteiger partial charge in [0.05, 0.1) is 9.36 Å². The van der Waals surface area contributed by atoms with Crippen LogP contribution in [-0.2, 0) is 0 Å². The summed E-state index contributed by atoms with van der Waals surface area (Å²) in [5.74, 6) is 0. The van der Waals surface area contributed by atoms with E-state index in [0.717, 1.165) is 14.8 Å². The second kappa shape index (κ2) is 3.81. The lowest BCUT2D eigenvalue weighted by Gasteiger charge is -2.01. The fourth-order valence-corrected chi connectivity index (χ4v) is 2.62. The SMILES string of the molecule is Nc1ccc(-c2ccc(Cl)s2)c(Cl)c1. The van der Waals surface area contributed by atoms with Crippen molar-refractivity contribution in [2.24, 2.45) is 0 Å². The van der Waals surface area contributed by atoms with Crippen molar-refractivity contribution in [2.45, 2.75) is 0 Å². The van der Waals surface area contributed by atoms with Crippen LogP contribution in [0.5, 0.6) is 0 Å². The van der Waals surface area contributed by atoms with Crippen molar-refractivity contribution in [1.29, 1.82) is 0 Å². The van der Waals surface area contributed by atoms with Gasteiger partial charge in [0.25, 0.3) is 0 Å². The van der Waals surface area contributed by atoms with Crippen LogP contribution in [-0.4, -0.2) is 0 Å². The molecule has 1 aromatic carbocycles. The molecule has 0 amide bonds. The fraction of sp³-hybridized carbons (Fsp3) is 0. The van der Waals surface area contributed by atoms with E-state index in [4.69, 9.17) is 28.9 Å². The van der Waals surface area contributed by atoms with Crippen LogP contribution in [0.25, 0.3) is 10.4 Å². The van der Waals surface area contributed by atoms with Gasteiger partial charge in [-0.15, -0.1) is 11.3 Å². The van der Waals surface area contributed by atoms with Crippen LogP contribution in [0.1, 0.15) is 0 Å². The van der Waals surface area contributed by atoms with Crippen LogP contribution in [0, 0.1) is 0 Å². The third kappa shape index (κ3) is 1.87. The Balaban J connectivity index is 2.52. The van der Waals surface area contributed by atoms with Gasteiger partial charge in [-0.1, -0.05) is 29.3 Å². The molecule has 1 heterocycles. The Hall–Kier alpha value is -0.700. The van der Waals surface area contributed by atoms with Crippen LogP contribution >= 0.6 is 34.5 Å². The lowest BCUT2D eigenvalue weighted by molar-refractivity contribution is 1.67. The van der Waals surface area contributed by atoms with Gasteiger partial charge < -0.3 is 5.73 Å². The van der Waals surface area contributed by atoms with Crippen molar-refractivity contribution in [2.75, 3.05) is 5.73 Å². The van der Waals surface area contributed by atoms with Crippen molar-refractivity contribution in [3.8, 4) is 10.4 Å². The topological polar surface area (TPSA) is 26.0 Å². The highest BCUT2D eigenvalue weighted by Crippen LogP contribution is 2.35. The maximum absolute atomic E-state index is 6.06. The van der Waals surface area contributed by atoms with E-state index >= 15 is 0 Å². The van der Waals surface area contributed by atoms with E-state index in [-0.39, 0.29) is 0 Å². The lowest BCUT2D eigenvalue weighted by atomic mass is 10.2. The van der Waals surface area contributed by atoms with Crippen LogP contribution in [0.2, 0.25) is 9.36 Å². The molecule has 0 aliphatic carbocycles. The second-order valence-corrected chi connectivity index (χ2v) is 4.97. The van der Waals surface area contributed by atoms with Gasteiger partial charge in [-0.25, -0.2) is 0 Å². The number of hydrogen-bond donors (Lipinski definition) is 1. The summed E-state index contributed by atoms with van der Waals surface area (Å²) in [5.41, 5.74) is 7.24. The molecule has 0 saturated carbocycles. The quantitative estimate of drug-likeness (QED) is 0.743. The highest BCUT2D eigenvalue weighted by Gasteiger charge is 2.05. The Bertz CT molecular complexity index is 465. The van der Waals surface area contributed by atoms with E-state index < -0.39 is 0 Å². The average molecular weight is 244 g/mol. The molecule has 0 unspecified atom stereocenters. The molecule has 1 nitrogen and oxygen atoms in total. The molecule has 14 heavy (non-hydrogen) atoms. The van der Waals surface area contributed by atoms with Crippen molar-refractivity contribution in [3.63, 3.8) is 0 Å². The Morgan fingerprint density at radius 3 is 2.43 bits per heavy atom. The maximum Gasteiger partial charge on any atom is 0.0934 e. The van der Waals surface area contributed by atoms with Gasteiger partial charge >= 0.3 is 0 Å². The molecule has 0 saturated heterocycles. The number of nitrogen functional groups attached to an aromatic ring is 1. The maximum atomic E-state index is 6.06. The predicted octanol–water partition coefficient (Wildman–Crippen LogP) is 4.30. The molecule has 4 heteroatoms. The Kier molecular flexibility index (Phi) is 2.68. The summed E-state index contributed by atoms with van der Waals surface area (Å²) < 4.78 is 0.757. The predicted molar refractivity (Wildman–Crippen MR) is 64.2 cm³/mol. The first kappa shape index (κ1) is 9.84. The third-order valence-electron chi connectivity index (χ3n) is 1.83. The number of anilines is 1. The van der Waals surface area contributed by atoms with Crippen LogP contribution in [0.3, 0.4) is 0 Å². The van der Waals surface area contributed by atoms with Gasteiger partial charge in [-0.05, 0) is 24.3 Å². The Labute approximate surface area is 96.1 Å². The van der Waals surface area contributed by atoms with E-state index in [1.807, 2.05) is 24.3 Å². The van der Waals surface area contributed by atoms with E-state index in [1.165, 1.54) is 11.3 Å². The van der Waals surface area contributed by atoms with Gasteiger partial charge in [0, 0.05) is 16.1 Å². The number of rotatable bonds is 1. The molecular weight excluding hydrogens is 237 g/mol. The van der Waals surface area contributed by atoms with Crippen molar-refractivity contribution >= 4 is 40.2 Å². The zero-order valence-corrected chi connectivity index (χ0v) is 9.46. The minimum atomic E-state index is 0.656. The normalized spacial score (nSPS) is 10.4. The molecule has 1 aromatic heterocycles. The van der Waals surface area contributed by atoms with Gasteiger partial charge in [-0.3, -0.25) is 0 Å². The number of benzene rings is 1. The molecule has 0 fully saturated rings. The molecule has 72 valence electrons. The summed E-state index contributed by atoms with van der Waals surface area (Å²) in [6.45, 7) is 0. The summed E-state index contributed by atoms with van der Waals surface area (Å²) in [6, 6.07) is 9.28. The molecule has 2 aromatic rings. The number of hydrogen-bond acceptors (Lipinski definition) is 2. The first-order valence-corrected chi connectivity index (χ1v) is 5.55. The largest absolute Gasteiger partial charge is 0.399 e. The molecule has 2 rings (SSSR count). The monoisotopic (exact) mass is 243 g/mol. The van der Waals surface area contributed by atoms with Crippen molar-refractivity contribution in [3.05, 3.63) is 39.7 Å². The zero-order chi connectivity index (χ0) is 10.1. The summed E-state index contributed by atoms with van der Waals surface area (Å²) in [5, 5.41) is 0.656. The molecule has 2 N–H and O–H groups in total. The highest BCUT2D eigenvalue weighted by atomic mass is 35.5. The van der Waals surface area contributed by atoms with Crippen LogP contribution in [0.4, 0.5) is 5.69 Å². The first-order valence-electron chi connectivity index (χ1n) is 3.97. The summed E-state index contributed by atoms with van der Waals surface area (Å²) in [7, 11) is 0. The lowest BCUT2D eigenvalue weighted by Crippen LogP contribution is -1.84. The standard InChI is InChI=1S/C10H7Cl2NS/c11-8-5-6(13)1-2-7(8)9-3-4-10(12)14-9/h1-5H,13H2. The fourth-order valence-electron chi connectivity index (χ4n) is 1.19. The molecule has 0 radical (unpaired) electrons. The minimum Gasteiger partial charge on any atom is -0.399 e. The van der Waals surface area contributed by atoms with Gasteiger partial charge in [0.15, 0.2) is 0 Å². The van der Waals surface area contributed by atoms with E-state index in [2.05, 4.69) is 0 Å². The van der Waals surface area contributed by atoms with Gasteiger partial charge in [-0.2, -0.15) is 0 Å². The van der Waals surface area contributed by atoms with Gasteiger partial charge in [0.1, 0.15) is 0 Å². The molecule has 0 spiro atoms. The summed E-state index contributed by atoms with van der Waals surface area (Å²) >= 11 is 13.4. The summed E-state index contributed by atoms with van der Waals surface area (Å²) in [6.07, 6.45) is 0. The summed E-state index contributed by atoms with van der Waals surface area (Å²) in [4.78, 5) is 1.06. The molecule has 0 aliphatic rings. The highest BCUT2D eigenvalue weighted by molar-refractivity contribution is 7.19. The van der Waals surface area contributed by atoms with E-state index in [9.17, 15) is 0 Å². The van der Waals surface area contributed by atoms with Crippen molar-refractivity contribution in [1.82, 2.24) is 0 Å². The zero-order valence-electron chi connectivity index (χ0n) is 7.13. The Morgan fingerprint density at radius 1 is 1.07 bits per heavy atom. The average Bonchev–Trinajstić information content (AvgIpc) is 2.51. The molecule has 0 bridgehead atoms. The molecule has 0 atom stereocenters. The number of halogens is 2. The van der Waals surface area contributed by atoms with Crippen LogP contribution < -0.4 is 5.73 Å². The number of nitrogens with two attached hydrogens (primary N) is 1. The van der Waals surface area contributed by atoms with Crippen molar-refractivity contribution < 1.29 is 0 Å². The molecular formula is C10H7Cl2NS. The third-order valence-corrected chi connectivity index (χ3v) is 3.41. The van der Waals surface area contributed by atoms with Gasteiger partial charge in [0.2, 0.25) is 0 Å².